The Morgan fingerprint density at radius 3 is 2.57 bits per heavy atom. The van der Waals surface area contributed by atoms with Gasteiger partial charge in [0, 0.05) is 38.3 Å². The number of piperazine rings is 1. The summed E-state index contributed by atoms with van der Waals surface area (Å²) in [5.74, 6) is 2.04. The summed E-state index contributed by atoms with van der Waals surface area (Å²) in [6.45, 7) is 7.39. The molecule has 0 spiro atoms. The molecule has 1 saturated carbocycles. The van der Waals surface area contributed by atoms with Gasteiger partial charge in [0.2, 0.25) is 0 Å². The Labute approximate surface area is 167 Å². The molecule has 4 rings (SSSR count). The van der Waals surface area contributed by atoms with E-state index in [0.717, 1.165) is 50.7 Å². The number of ether oxygens (including phenoxy) is 1. The standard InChI is InChI=1S/C21H32N6O/c1-3-19(21-22-23-24-27(21)18-9-5-6-10-18)26-14-12-25(13-15-26)16-17-8-4-7-11-20(17)28-2/h4,7-8,11,18-19H,3,5-6,9-10,12-16H2,1-2H3. The first-order valence-corrected chi connectivity index (χ1v) is 10.7. The van der Waals surface area contributed by atoms with Crippen LogP contribution in [0.4, 0.5) is 0 Å². The third-order valence-electron chi connectivity index (χ3n) is 6.31. The van der Waals surface area contributed by atoms with Crippen LogP contribution in [0.5, 0.6) is 5.75 Å². The SMILES string of the molecule is CCC(c1nnnn1C1CCCC1)N1CCN(Cc2ccccc2OC)CC1. The molecule has 1 aliphatic carbocycles. The van der Waals surface area contributed by atoms with Crippen LogP contribution in [0.2, 0.25) is 0 Å². The van der Waals surface area contributed by atoms with Crippen molar-refractivity contribution in [2.75, 3.05) is 33.3 Å². The highest BCUT2D eigenvalue weighted by Crippen LogP contribution is 2.32. The minimum Gasteiger partial charge on any atom is -0.496 e. The maximum Gasteiger partial charge on any atom is 0.168 e. The second-order valence-electron chi connectivity index (χ2n) is 7.97. The summed E-state index contributed by atoms with van der Waals surface area (Å²) in [6, 6.07) is 9.12. The van der Waals surface area contributed by atoms with E-state index in [1.165, 1.54) is 31.2 Å². The van der Waals surface area contributed by atoms with Crippen LogP contribution >= 0.6 is 0 Å². The van der Waals surface area contributed by atoms with Crippen molar-refractivity contribution in [2.24, 2.45) is 0 Å². The minimum atomic E-state index is 0.309. The first-order chi connectivity index (χ1) is 13.8. The van der Waals surface area contributed by atoms with Gasteiger partial charge in [0.1, 0.15) is 5.75 Å². The molecular weight excluding hydrogens is 352 g/mol. The maximum absolute atomic E-state index is 5.51. The molecule has 2 aromatic rings. The molecule has 1 unspecified atom stereocenters. The number of hydrogen-bond acceptors (Lipinski definition) is 6. The Kier molecular flexibility index (Phi) is 6.22. The molecular formula is C21H32N6O. The van der Waals surface area contributed by atoms with Gasteiger partial charge in [0.05, 0.1) is 19.2 Å². The fourth-order valence-corrected chi connectivity index (χ4v) is 4.74. The number of benzene rings is 1. The van der Waals surface area contributed by atoms with Crippen molar-refractivity contribution in [3.8, 4) is 5.75 Å². The first kappa shape index (κ1) is 19.3. The van der Waals surface area contributed by atoms with Gasteiger partial charge in [-0.1, -0.05) is 38.0 Å². The van der Waals surface area contributed by atoms with Crippen LogP contribution in [0.15, 0.2) is 24.3 Å². The maximum atomic E-state index is 5.51. The number of tetrazole rings is 1. The molecule has 152 valence electrons. The largest absolute Gasteiger partial charge is 0.496 e. The minimum absolute atomic E-state index is 0.309. The van der Waals surface area contributed by atoms with Gasteiger partial charge in [-0.25, -0.2) is 4.68 Å². The summed E-state index contributed by atoms with van der Waals surface area (Å²) in [6.07, 6.45) is 6.05. The van der Waals surface area contributed by atoms with E-state index in [1.54, 1.807) is 7.11 Å². The molecule has 2 aliphatic rings. The van der Waals surface area contributed by atoms with Gasteiger partial charge in [-0.2, -0.15) is 0 Å². The second kappa shape index (κ2) is 9.01. The lowest BCUT2D eigenvalue weighted by molar-refractivity contribution is 0.0829. The van der Waals surface area contributed by atoms with Crippen molar-refractivity contribution in [3.63, 3.8) is 0 Å². The van der Waals surface area contributed by atoms with Gasteiger partial charge in [-0.3, -0.25) is 9.80 Å². The lowest BCUT2D eigenvalue weighted by Gasteiger charge is -2.38. The van der Waals surface area contributed by atoms with Crippen LogP contribution < -0.4 is 4.74 Å². The molecule has 28 heavy (non-hydrogen) atoms. The highest BCUT2D eigenvalue weighted by molar-refractivity contribution is 5.33. The van der Waals surface area contributed by atoms with Crippen molar-refractivity contribution in [3.05, 3.63) is 35.7 Å². The van der Waals surface area contributed by atoms with Gasteiger partial charge >= 0.3 is 0 Å². The Bertz CT molecular complexity index is 749. The number of nitrogens with zero attached hydrogens (tertiary/aromatic N) is 6. The van der Waals surface area contributed by atoms with Crippen molar-refractivity contribution in [1.82, 2.24) is 30.0 Å². The predicted molar refractivity (Wildman–Crippen MR) is 108 cm³/mol. The summed E-state index contributed by atoms with van der Waals surface area (Å²) < 4.78 is 7.64. The van der Waals surface area contributed by atoms with E-state index in [2.05, 4.69) is 49.1 Å². The van der Waals surface area contributed by atoms with Gasteiger partial charge in [0.25, 0.3) is 0 Å². The van der Waals surface area contributed by atoms with Crippen molar-refractivity contribution < 1.29 is 4.74 Å². The molecule has 1 aromatic heterocycles. The number of para-hydroxylation sites is 1. The highest BCUT2D eigenvalue weighted by atomic mass is 16.5. The van der Waals surface area contributed by atoms with Gasteiger partial charge in [-0.05, 0) is 35.8 Å². The Morgan fingerprint density at radius 1 is 1.11 bits per heavy atom. The van der Waals surface area contributed by atoms with Crippen LogP contribution in [0.3, 0.4) is 0 Å². The Hall–Kier alpha value is -1.99. The van der Waals surface area contributed by atoms with E-state index >= 15 is 0 Å². The number of methoxy groups -OCH3 is 1. The summed E-state index contributed by atoms with van der Waals surface area (Å²) in [7, 11) is 1.75. The third kappa shape index (κ3) is 4.05. The number of aromatic nitrogens is 4. The summed E-state index contributed by atoms with van der Waals surface area (Å²) in [4.78, 5) is 5.08. The average molecular weight is 385 g/mol. The summed E-state index contributed by atoms with van der Waals surface area (Å²) >= 11 is 0. The van der Waals surface area contributed by atoms with Crippen LogP contribution in [-0.4, -0.2) is 63.3 Å². The topological polar surface area (TPSA) is 59.3 Å². The predicted octanol–water partition coefficient (Wildman–Crippen LogP) is 3.07. The average Bonchev–Trinajstić information content (AvgIpc) is 3.42. The smallest absolute Gasteiger partial charge is 0.168 e. The van der Waals surface area contributed by atoms with Crippen LogP contribution in [0, 0.1) is 0 Å². The molecule has 0 amide bonds. The molecule has 1 atom stereocenters. The molecule has 7 heteroatoms. The van der Waals surface area contributed by atoms with Gasteiger partial charge in [-0.15, -0.1) is 5.10 Å². The molecule has 1 aromatic carbocycles. The molecule has 2 fully saturated rings. The fourth-order valence-electron chi connectivity index (χ4n) is 4.74. The quantitative estimate of drug-likeness (QED) is 0.731. The molecule has 0 N–H and O–H groups in total. The number of hydrogen-bond donors (Lipinski definition) is 0. The molecule has 0 radical (unpaired) electrons. The lowest BCUT2D eigenvalue weighted by atomic mass is 10.1. The van der Waals surface area contributed by atoms with Gasteiger partial charge < -0.3 is 4.74 Å². The molecule has 1 saturated heterocycles. The zero-order chi connectivity index (χ0) is 19.3. The van der Waals surface area contributed by atoms with Crippen molar-refractivity contribution in [1.29, 1.82) is 0 Å². The van der Waals surface area contributed by atoms with E-state index in [1.807, 2.05) is 12.1 Å². The molecule has 1 aliphatic heterocycles. The Balaban J connectivity index is 1.39. The van der Waals surface area contributed by atoms with E-state index in [-0.39, 0.29) is 0 Å². The summed E-state index contributed by atoms with van der Waals surface area (Å²) in [5.41, 5.74) is 1.26. The third-order valence-corrected chi connectivity index (χ3v) is 6.31. The first-order valence-electron chi connectivity index (χ1n) is 10.7. The van der Waals surface area contributed by atoms with E-state index in [4.69, 9.17) is 4.74 Å². The fraction of sp³-hybridized carbons (Fsp3) is 0.667. The summed E-state index contributed by atoms with van der Waals surface area (Å²) in [5, 5.41) is 12.8. The van der Waals surface area contributed by atoms with Crippen molar-refractivity contribution in [2.45, 2.75) is 57.7 Å². The van der Waals surface area contributed by atoms with Crippen molar-refractivity contribution >= 4 is 0 Å². The zero-order valence-corrected chi connectivity index (χ0v) is 17.1. The highest BCUT2D eigenvalue weighted by Gasteiger charge is 2.30. The van der Waals surface area contributed by atoms with Crippen LogP contribution in [-0.2, 0) is 6.54 Å². The monoisotopic (exact) mass is 384 g/mol. The Morgan fingerprint density at radius 2 is 1.86 bits per heavy atom. The second-order valence-corrected chi connectivity index (χ2v) is 7.97. The van der Waals surface area contributed by atoms with E-state index in [0.29, 0.717) is 12.1 Å². The lowest BCUT2D eigenvalue weighted by Crippen LogP contribution is -2.47. The zero-order valence-electron chi connectivity index (χ0n) is 17.1. The number of rotatable bonds is 7. The molecule has 0 bridgehead atoms. The van der Waals surface area contributed by atoms with Crippen LogP contribution in [0.25, 0.3) is 0 Å². The normalized spacial score (nSPS) is 20.5. The van der Waals surface area contributed by atoms with E-state index in [9.17, 15) is 0 Å². The van der Waals surface area contributed by atoms with Crippen LogP contribution in [0.1, 0.15) is 62.5 Å². The molecule has 7 nitrogen and oxygen atoms in total. The molecule has 2 heterocycles. The van der Waals surface area contributed by atoms with Gasteiger partial charge in [0.15, 0.2) is 5.82 Å². The van der Waals surface area contributed by atoms with E-state index < -0.39 is 0 Å².